The zero-order valence-electron chi connectivity index (χ0n) is 10.8. The molecule has 5 rings (SSSR count). The van der Waals surface area contributed by atoms with Gasteiger partial charge in [0.25, 0.3) is 0 Å². The third-order valence-electron chi connectivity index (χ3n) is 5.20. The summed E-state index contributed by atoms with van der Waals surface area (Å²) >= 11 is 0. The second-order valence-electron chi connectivity index (χ2n) is 6.31. The molecule has 0 heterocycles. The van der Waals surface area contributed by atoms with E-state index in [1.807, 2.05) is 0 Å². The van der Waals surface area contributed by atoms with Gasteiger partial charge in [0.2, 0.25) is 0 Å². The van der Waals surface area contributed by atoms with E-state index in [2.05, 4.69) is 12.1 Å². The second-order valence-corrected chi connectivity index (χ2v) is 6.31. The van der Waals surface area contributed by atoms with Gasteiger partial charge in [-0.3, -0.25) is 0 Å². The molecule has 0 radical (unpaired) electrons. The number of rotatable bonds is 0. The molecule has 0 fully saturated rings. The highest BCUT2D eigenvalue weighted by Gasteiger charge is 2.32. The molecule has 0 saturated carbocycles. The van der Waals surface area contributed by atoms with Crippen LogP contribution in [0.25, 0.3) is 10.8 Å². The molecule has 0 amide bonds. The maximum atomic E-state index is 2.43. The monoisotopic (exact) mass is 234 g/mol. The van der Waals surface area contributed by atoms with Crippen molar-refractivity contribution in [2.45, 2.75) is 51.4 Å². The summed E-state index contributed by atoms with van der Waals surface area (Å²) in [5, 5.41) is 3.31. The molecule has 3 aliphatic carbocycles. The number of hydrogen-bond acceptors (Lipinski definition) is 0. The van der Waals surface area contributed by atoms with Crippen molar-refractivity contribution in [3.63, 3.8) is 0 Å². The Bertz CT molecular complexity index is 691. The maximum Gasteiger partial charge on any atom is -0.00106 e. The van der Waals surface area contributed by atoms with Gasteiger partial charge < -0.3 is 0 Å². The predicted octanol–water partition coefficient (Wildman–Crippen LogP) is 4.31. The summed E-state index contributed by atoms with van der Waals surface area (Å²) in [6.07, 6.45) is 11.0. The van der Waals surface area contributed by atoms with Crippen LogP contribution in [0.15, 0.2) is 12.1 Å². The minimum atomic E-state index is 1.27. The summed E-state index contributed by atoms with van der Waals surface area (Å²) in [5.74, 6) is 0. The molecule has 0 saturated heterocycles. The van der Waals surface area contributed by atoms with Gasteiger partial charge in [-0.15, -0.1) is 0 Å². The second kappa shape index (κ2) is 3.17. The Hall–Kier alpha value is -1.30. The van der Waals surface area contributed by atoms with E-state index in [1.54, 1.807) is 44.2 Å². The van der Waals surface area contributed by atoms with Crippen molar-refractivity contribution in [1.29, 1.82) is 0 Å². The Morgan fingerprint density at radius 3 is 2.33 bits per heavy atom. The van der Waals surface area contributed by atoms with Crippen LogP contribution in [0.1, 0.15) is 59.1 Å². The highest BCUT2D eigenvalue weighted by Crippen LogP contribution is 2.48. The topological polar surface area (TPSA) is 0 Å². The molecule has 0 aliphatic heterocycles. The summed E-state index contributed by atoms with van der Waals surface area (Å²) in [7, 11) is 0. The fourth-order valence-electron chi connectivity index (χ4n) is 4.13. The average Bonchev–Trinajstić information content (AvgIpc) is 3.21. The van der Waals surface area contributed by atoms with Crippen LogP contribution in [-0.4, -0.2) is 0 Å². The first-order chi connectivity index (χ1) is 8.93. The Balaban J connectivity index is 1.85. The Morgan fingerprint density at radius 2 is 1.44 bits per heavy atom. The molecular weight excluding hydrogens is 216 g/mol. The molecule has 0 atom stereocenters. The highest BCUT2D eigenvalue weighted by atomic mass is 14.4. The summed E-state index contributed by atoms with van der Waals surface area (Å²) in [6.45, 7) is 0. The van der Waals surface area contributed by atoms with Crippen LogP contribution in [0.2, 0.25) is 0 Å². The molecule has 18 heavy (non-hydrogen) atoms. The summed E-state index contributed by atoms with van der Waals surface area (Å²) in [6, 6.07) is 4.81. The summed E-state index contributed by atoms with van der Waals surface area (Å²) in [4.78, 5) is 0. The zero-order valence-corrected chi connectivity index (χ0v) is 10.8. The Labute approximate surface area is 108 Å². The van der Waals surface area contributed by atoms with Crippen LogP contribution in [0, 0.1) is 0 Å². The zero-order chi connectivity index (χ0) is 11.7. The van der Waals surface area contributed by atoms with E-state index in [9.17, 15) is 0 Å². The molecule has 2 aromatic carbocycles. The van der Waals surface area contributed by atoms with E-state index in [0.29, 0.717) is 0 Å². The molecule has 0 unspecified atom stereocenters. The SMILES string of the molecule is c1cc2c3c(c4c(c2c2c1C2)C4)CCCCCC3. The minimum absolute atomic E-state index is 1.27. The van der Waals surface area contributed by atoms with E-state index in [-0.39, 0.29) is 0 Å². The van der Waals surface area contributed by atoms with Crippen molar-refractivity contribution in [3.8, 4) is 0 Å². The third-order valence-corrected chi connectivity index (χ3v) is 5.20. The quantitative estimate of drug-likeness (QED) is 0.425. The van der Waals surface area contributed by atoms with Crippen molar-refractivity contribution in [2.75, 3.05) is 0 Å². The van der Waals surface area contributed by atoms with E-state index < -0.39 is 0 Å². The fraction of sp³-hybridized carbons (Fsp3) is 0.444. The summed E-state index contributed by atoms with van der Waals surface area (Å²) < 4.78 is 0. The first-order valence-corrected chi connectivity index (χ1v) is 7.53. The van der Waals surface area contributed by atoms with Gasteiger partial charge in [0, 0.05) is 0 Å². The van der Waals surface area contributed by atoms with Crippen LogP contribution in [0.3, 0.4) is 0 Å². The van der Waals surface area contributed by atoms with Crippen LogP contribution in [0.4, 0.5) is 0 Å². The van der Waals surface area contributed by atoms with E-state index in [4.69, 9.17) is 0 Å². The van der Waals surface area contributed by atoms with Gasteiger partial charge >= 0.3 is 0 Å². The normalized spacial score (nSPS) is 19.6. The Morgan fingerprint density at radius 1 is 0.611 bits per heavy atom. The van der Waals surface area contributed by atoms with E-state index in [1.165, 1.54) is 51.4 Å². The lowest BCUT2D eigenvalue weighted by molar-refractivity contribution is 0.619. The van der Waals surface area contributed by atoms with E-state index in [0.717, 1.165) is 0 Å². The molecule has 90 valence electrons. The molecular formula is C18H18. The van der Waals surface area contributed by atoms with Crippen molar-refractivity contribution in [2.24, 2.45) is 0 Å². The van der Waals surface area contributed by atoms with Gasteiger partial charge in [0.15, 0.2) is 0 Å². The Kier molecular flexibility index (Phi) is 1.69. The predicted molar refractivity (Wildman–Crippen MR) is 75.4 cm³/mol. The molecule has 0 spiro atoms. The van der Waals surface area contributed by atoms with Crippen LogP contribution < -0.4 is 0 Å². The lowest BCUT2D eigenvalue weighted by Gasteiger charge is -2.16. The maximum absolute atomic E-state index is 2.43. The van der Waals surface area contributed by atoms with Crippen molar-refractivity contribution < 1.29 is 0 Å². The third kappa shape index (κ3) is 1.16. The number of fused-ring (bicyclic) bond motifs is 8. The summed E-state index contributed by atoms with van der Waals surface area (Å²) in [5.41, 5.74) is 10.3. The van der Waals surface area contributed by atoms with Gasteiger partial charge in [-0.2, -0.15) is 0 Å². The molecule has 0 nitrogen and oxygen atoms in total. The van der Waals surface area contributed by atoms with Crippen LogP contribution in [0.5, 0.6) is 0 Å². The molecule has 0 N–H and O–H groups in total. The highest BCUT2D eigenvalue weighted by molar-refractivity contribution is 6.00. The number of benzene rings is 2. The van der Waals surface area contributed by atoms with Crippen molar-refractivity contribution in [3.05, 3.63) is 45.5 Å². The lowest BCUT2D eigenvalue weighted by atomic mass is 9.89. The van der Waals surface area contributed by atoms with Crippen LogP contribution in [-0.2, 0) is 25.7 Å². The number of aryl methyl sites for hydroxylation is 1. The first-order valence-electron chi connectivity index (χ1n) is 7.53. The van der Waals surface area contributed by atoms with E-state index >= 15 is 0 Å². The van der Waals surface area contributed by atoms with Crippen molar-refractivity contribution in [1.82, 2.24) is 0 Å². The standard InChI is InChI=1S/C18H18/c1-2-4-6-13-12(5-3-1)14-8-7-11-9-15(11)18(14)17-10-16(13)17/h7-8H,1-6,9-10H2. The minimum Gasteiger partial charge on any atom is -0.0578 e. The molecule has 2 aromatic rings. The molecule has 0 heteroatoms. The average molecular weight is 234 g/mol. The van der Waals surface area contributed by atoms with Gasteiger partial charge in [0.1, 0.15) is 0 Å². The smallest absolute Gasteiger partial charge is 0.00106 e. The fourth-order valence-corrected chi connectivity index (χ4v) is 4.13. The largest absolute Gasteiger partial charge is 0.0578 e. The lowest BCUT2D eigenvalue weighted by Crippen LogP contribution is -2.00. The molecule has 0 bridgehead atoms. The van der Waals surface area contributed by atoms with Gasteiger partial charge in [0.05, 0.1) is 0 Å². The van der Waals surface area contributed by atoms with Crippen LogP contribution >= 0.6 is 0 Å². The van der Waals surface area contributed by atoms with Gasteiger partial charge in [-0.25, -0.2) is 0 Å². The number of hydrogen-bond donors (Lipinski definition) is 0. The molecule has 3 aliphatic rings. The molecule has 0 aromatic heterocycles. The van der Waals surface area contributed by atoms with Gasteiger partial charge in [-0.1, -0.05) is 25.0 Å². The van der Waals surface area contributed by atoms with Gasteiger partial charge in [-0.05, 0) is 82.7 Å². The first kappa shape index (κ1) is 9.61. The van der Waals surface area contributed by atoms with Crippen molar-refractivity contribution >= 4 is 10.8 Å².